The van der Waals surface area contributed by atoms with Gasteiger partial charge in [-0.05, 0) is 38.7 Å². The number of allylic oxidation sites excluding steroid dienone is 2. The second kappa shape index (κ2) is 8.77. The molecule has 2 aliphatic rings. The van der Waals surface area contributed by atoms with Crippen molar-refractivity contribution in [3.63, 3.8) is 0 Å². The van der Waals surface area contributed by atoms with Crippen molar-refractivity contribution in [2.24, 2.45) is 0 Å². The van der Waals surface area contributed by atoms with E-state index in [4.69, 9.17) is 14.2 Å². The molecule has 2 amide bonds. The van der Waals surface area contributed by atoms with Crippen molar-refractivity contribution in [3.05, 3.63) is 33.9 Å². The number of methoxy groups -OCH3 is 1. The zero-order valence-electron chi connectivity index (χ0n) is 17.7. The van der Waals surface area contributed by atoms with E-state index in [1.165, 1.54) is 12.0 Å². The van der Waals surface area contributed by atoms with Crippen LogP contribution in [-0.4, -0.2) is 47.7 Å². The minimum atomic E-state index is -0.580. The molecular weight excluding hydrogens is 390 g/mol. The van der Waals surface area contributed by atoms with Crippen LogP contribution < -0.4 is 4.74 Å². The number of cyclic esters (lactones) is 2. The number of fused-ring (bicyclic) bond motifs is 1. The number of amides is 2. The van der Waals surface area contributed by atoms with Crippen molar-refractivity contribution < 1.29 is 33.7 Å². The average molecular weight is 417 g/mol. The van der Waals surface area contributed by atoms with Crippen LogP contribution in [0.4, 0.5) is 4.79 Å². The topological polar surface area (TPSA) is 102 Å². The summed E-state index contributed by atoms with van der Waals surface area (Å²) in [6, 6.07) is -0.204. The van der Waals surface area contributed by atoms with E-state index in [9.17, 15) is 19.5 Å². The Morgan fingerprint density at radius 3 is 2.70 bits per heavy atom. The van der Waals surface area contributed by atoms with Crippen LogP contribution in [-0.2, 0) is 27.3 Å². The van der Waals surface area contributed by atoms with Crippen LogP contribution >= 0.6 is 0 Å². The summed E-state index contributed by atoms with van der Waals surface area (Å²) < 4.78 is 15.5. The quantitative estimate of drug-likeness (QED) is 0.536. The number of hydrogen-bond acceptors (Lipinski definition) is 7. The van der Waals surface area contributed by atoms with Crippen LogP contribution in [0.2, 0.25) is 0 Å². The number of phenols is 1. The summed E-state index contributed by atoms with van der Waals surface area (Å²) in [4.78, 5) is 37.4. The molecule has 1 atom stereocenters. The van der Waals surface area contributed by atoms with Crippen molar-refractivity contribution in [1.82, 2.24) is 4.90 Å². The zero-order valence-corrected chi connectivity index (χ0v) is 17.7. The standard InChI is InChI=1S/C22H27NO7/c1-5-14-10-30-22(27)23(14)17(24)9-7-12(2)6-8-15-19(25)18-16(11-29-21(18)26)13(3)20(15)28-4/h6,14,25H,5,7-11H2,1-4H3/b12-6+. The third-order valence-electron chi connectivity index (χ3n) is 5.74. The Labute approximate surface area is 175 Å². The Morgan fingerprint density at radius 1 is 1.30 bits per heavy atom. The summed E-state index contributed by atoms with van der Waals surface area (Å²) in [5.74, 6) is -0.395. The molecule has 1 fully saturated rings. The number of ether oxygens (including phenoxy) is 3. The fraction of sp³-hybridized carbons (Fsp3) is 0.500. The minimum Gasteiger partial charge on any atom is -0.507 e. The molecule has 0 radical (unpaired) electrons. The van der Waals surface area contributed by atoms with Gasteiger partial charge in [-0.1, -0.05) is 18.6 Å². The fourth-order valence-corrected chi connectivity index (χ4v) is 3.90. The van der Waals surface area contributed by atoms with Gasteiger partial charge >= 0.3 is 12.1 Å². The molecule has 1 aromatic carbocycles. The maximum atomic E-state index is 12.5. The first kappa shape index (κ1) is 21.7. The van der Waals surface area contributed by atoms with Crippen LogP contribution in [0.5, 0.6) is 11.5 Å². The second-order valence-corrected chi connectivity index (χ2v) is 7.57. The predicted molar refractivity (Wildman–Crippen MR) is 107 cm³/mol. The van der Waals surface area contributed by atoms with E-state index in [2.05, 4.69) is 0 Å². The van der Waals surface area contributed by atoms with E-state index in [-0.39, 0.29) is 42.9 Å². The van der Waals surface area contributed by atoms with E-state index in [1.54, 1.807) is 0 Å². The smallest absolute Gasteiger partial charge is 0.416 e. The van der Waals surface area contributed by atoms with Crippen molar-refractivity contribution in [3.8, 4) is 11.5 Å². The van der Waals surface area contributed by atoms with Gasteiger partial charge < -0.3 is 19.3 Å². The number of hydrogen-bond donors (Lipinski definition) is 1. The van der Waals surface area contributed by atoms with Gasteiger partial charge in [0.1, 0.15) is 30.3 Å². The van der Waals surface area contributed by atoms with Crippen LogP contribution in [0.25, 0.3) is 0 Å². The fourth-order valence-electron chi connectivity index (χ4n) is 3.90. The Morgan fingerprint density at radius 2 is 2.03 bits per heavy atom. The zero-order chi connectivity index (χ0) is 22.0. The van der Waals surface area contributed by atoms with Gasteiger partial charge in [0.25, 0.3) is 0 Å². The average Bonchev–Trinajstić information content (AvgIpc) is 3.30. The number of aromatic hydroxyl groups is 1. The maximum Gasteiger partial charge on any atom is 0.416 e. The predicted octanol–water partition coefficient (Wildman–Crippen LogP) is 3.41. The highest BCUT2D eigenvalue weighted by atomic mass is 16.6. The molecular formula is C22H27NO7. The van der Waals surface area contributed by atoms with Crippen molar-refractivity contribution in [1.29, 1.82) is 0 Å². The molecule has 3 rings (SSSR count). The van der Waals surface area contributed by atoms with Gasteiger partial charge in [0.2, 0.25) is 5.91 Å². The number of phenolic OH excluding ortho intramolecular Hbond substituents is 1. The molecule has 0 aliphatic carbocycles. The summed E-state index contributed by atoms with van der Waals surface area (Å²) in [7, 11) is 1.52. The first-order valence-corrected chi connectivity index (χ1v) is 10.0. The van der Waals surface area contributed by atoms with E-state index in [0.29, 0.717) is 36.1 Å². The molecule has 1 saturated heterocycles. The largest absolute Gasteiger partial charge is 0.507 e. The number of esters is 1. The molecule has 8 nitrogen and oxygen atoms in total. The van der Waals surface area contributed by atoms with E-state index < -0.39 is 12.1 Å². The molecule has 1 aromatic rings. The molecule has 0 saturated carbocycles. The third kappa shape index (κ3) is 3.86. The lowest BCUT2D eigenvalue weighted by Crippen LogP contribution is -2.38. The molecule has 1 N–H and O–H groups in total. The number of rotatable bonds is 7. The number of nitrogens with zero attached hydrogens (tertiary/aromatic N) is 1. The Balaban J connectivity index is 1.72. The number of imide groups is 1. The highest BCUT2D eigenvalue weighted by Crippen LogP contribution is 2.42. The SMILES string of the molecule is CCC1COC(=O)N1C(=O)CC/C(C)=C/Cc1c(O)c2c(c(C)c1OC)COC2=O. The first-order chi connectivity index (χ1) is 14.3. The summed E-state index contributed by atoms with van der Waals surface area (Å²) in [6.45, 7) is 5.99. The van der Waals surface area contributed by atoms with E-state index in [1.807, 2.05) is 26.8 Å². The Kier molecular flexibility index (Phi) is 6.34. The minimum absolute atomic E-state index is 0.124. The molecule has 162 valence electrons. The van der Waals surface area contributed by atoms with Crippen LogP contribution in [0.15, 0.2) is 11.6 Å². The molecule has 2 aliphatic heterocycles. The monoisotopic (exact) mass is 417 g/mol. The summed E-state index contributed by atoms with van der Waals surface area (Å²) >= 11 is 0. The summed E-state index contributed by atoms with van der Waals surface area (Å²) in [5.41, 5.74) is 3.04. The lowest BCUT2D eigenvalue weighted by atomic mass is 9.94. The lowest BCUT2D eigenvalue weighted by molar-refractivity contribution is -0.129. The van der Waals surface area contributed by atoms with Gasteiger partial charge in [-0.2, -0.15) is 0 Å². The Bertz CT molecular complexity index is 919. The molecule has 8 heteroatoms. The first-order valence-electron chi connectivity index (χ1n) is 10.0. The normalized spacial score (nSPS) is 18.3. The summed E-state index contributed by atoms with van der Waals surface area (Å²) in [5, 5.41) is 10.7. The van der Waals surface area contributed by atoms with Crippen LogP contribution in [0.1, 0.15) is 60.2 Å². The maximum absolute atomic E-state index is 12.5. The van der Waals surface area contributed by atoms with E-state index in [0.717, 1.165) is 11.1 Å². The lowest BCUT2D eigenvalue weighted by Gasteiger charge is -2.18. The summed E-state index contributed by atoms with van der Waals surface area (Å²) in [6.07, 6.45) is 2.95. The number of carbonyl (C=O) groups is 3. The van der Waals surface area contributed by atoms with Crippen LogP contribution in [0, 0.1) is 6.92 Å². The molecule has 30 heavy (non-hydrogen) atoms. The molecule has 2 heterocycles. The Hall–Kier alpha value is -3.03. The van der Waals surface area contributed by atoms with Crippen molar-refractivity contribution in [2.45, 2.75) is 59.1 Å². The van der Waals surface area contributed by atoms with Gasteiger partial charge in [-0.25, -0.2) is 14.5 Å². The van der Waals surface area contributed by atoms with Gasteiger partial charge in [-0.15, -0.1) is 0 Å². The third-order valence-corrected chi connectivity index (χ3v) is 5.74. The molecule has 0 bridgehead atoms. The van der Waals surface area contributed by atoms with Gasteiger partial charge in [0, 0.05) is 17.5 Å². The highest BCUT2D eigenvalue weighted by Gasteiger charge is 2.36. The van der Waals surface area contributed by atoms with Gasteiger partial charge in [0.15, 0.2) is 0 Å². The van der Waals surface area contributed by atoms with Crippen LogP contribution in [0.3, 0.4) is 0 Å². The highest BCUT2D eigenvalue weighted by molar-refractivity contribution is 5.98. The molecule has 1 unspecified atom stereocenters. The van der Waals surface area contributed by atoms with Crippen molar-refractivity contribution >= 4 is 18.0 Å². The number of benzene rings is 1. The number of carbonyl (C=O) groups excluding carboxylic acids is 3. The van der Waals surface area contributed by atoms with Crippen molar-refractivity contribution in [2.75, 3.05) is 13.7 Å². The van der Waals surface area contributed by atoms with Gasteiger partial charge in [0.05, 0.1) is 13.2 Å². The molecule has 0 spiro atoms. The molecule has 0 aromatic heterocycles. The van der Waals surface area contributed by atoms with Gasteiger partial charge in [-0.3, -0.25) is 4.79 Å². The second-order valence-electron chi connectivity index (χ2n) is 7.57. The van der Waals surface area contributed by atoms with E-state index >= 15 is 0 Å².